The van der Waals surface area contributed by atoms with Gasteiger partial charge in [0.1, 0.15) is 0 Å². The number of carbonyl (C=O) groups is 1. The van der Waals surface area contributed by atoms with Crippen molar-refractivity contribution in [2.45, 2.75) is 32.0 Å². The highest BCUT2D eigenvalue weighted by molar-refractivity contribution is 7.54. The normalized spacial score (nSPS) is 15.0. The summed E-state index contributed by atoms with van der Waals surface area (Å²) in [7, 11) is -5.14. The van der Waals surface area contributed by atoms with Gasteiger partial charge in [0.2, 0.25) is 0 Å². The van der Waals surface area contributed by atoms with E-state index in [0.29, 0.717) is 0 Å². The van der Waals surface area contributed by atoms with Gasteiger partial charge in [-0.25, -0.2) is 4.79 Å². The van der Waals surface area contributed by atoms with E-state index in [2.05, 4.69) is 13.8 Å². The van der Waals surface area contributed by atoms with E-state index >= 15 is 0 Å². The van der Waals surface area contributed by atoms with Crippen molar-refractivity contribution in [2.24, 2.45) is 0 Å². The van der Waals surface area contributed by atoms with Gasteiger partial charge in [-0.05, 0) is 13.8 Å². The molecule has 0 saturated carbocycles. The van der Waals surface area contributed by atoms with E-state index in [9.17, 15) is 35.7 Å². The van der Waals surface area contributed by atoms with Gasteiger partial charge in [0.25, 0.3) is 5.85 Å². The molecule has 1 atom stereocenters. The van der Waals surface area contributed by atoms with Crippen molar-refractivity contribution in [3.8, 4) is 0 Å². The Morgan fingerprint density at radius 2 is 1.45 bits per heavy atom. The molecule has 1 unspecified atom stereocenters. The quantitative estimate of drug-likeness (QED) is 0.424. The Kier molecular flexibility index (Phi) is 6.50. The molecule has 0 rings (SSSR count). The largest absolute Gasteiger partial charge is 0.490 e. The Balaban J connectivity index is 5.45. The summed E-state index contributed by atoms with van der Waals surface area (Å²) in [6, 6.07) is 0. The summed E-state index contributed by atoms with van der Waals surface area (Å²) in [5, 5.41) is 0. The molecule has 0 aromatic heterocycles. The van der Waals surface area contributed by atoms with Gasteiger partial charge < -0.3 is 13.8 Å². The number of hydrogen-bond acceptors (Lipinski definition) is 5. The highest BCUT2D eigenvalue weighted by Crippen LogP contribution is 2.58. The summed E-state index contributed by atoms with van der Waals surface area (Å²) in [5.41, 5.74) is 0. The van der Waals surface area contributed by atoms with Crippen LogP contribution in [0.4, 0.5) is 26.3 Å². The SMILES string of the molecule is CCOP(=O)(OCC)C(OC(=O)C(F)(F)F)C(F)(F)F. The van der Waals surface area contributed by atoms with Crippen LogP contribution >= 0.6 is 7.60 Å². The molecular weight excluding hydrogens is 321 g/mol. The first-order valence-electron chi connectivity index (χ1n) is 5.11. The zero-order chi connectivity index (χ0) is 16.2. The van der Waals surface area contributed by atoms with E-state index in [1.807, 2.05) is 0 Å². The minimum atomic E-state index is -5.67. The highest BCUT2D eigenvalue weighted by Gasteiger charge is 2.59. The molecule has 0 spiro atoms. The van der Waals surface area contributed by atoms with Gasteiger partial charge in [0.05, 0.1) is 13.2 Å². The first-order chi connectivity index (χ1) is 8.88. The zero-order valence-electron chi connectivity index (χ0n) is 10.2. The fourth-order valence-electron chi connectivity index (χ4n) is 1.01. The second kappa shape index (κ2) is 6.77. The molecule has 0 aromatic carbocycles. The number of ether oxygens (including phenoxy) is 1. The zero-order valence-corrected chi connectivity index (χ0v) is 11.1. The Morgan fingerprint density at radius 3 is 1.70 bits per heavy atom. The van der Waals surface area contributed by atoms with E-state index in [1.165, 1.54) is 0 Å². The monoisotopic (exact) mass is 332 g/mol. The van der Waals surface area contributed by atoms with Crippen molar-refractivity contribution in [1.29, 1.82) is 0 Å². The van der Waals surface area contributed by atoms with Gasteiger partial charge in [-0.3, -0.25) is 4.57 Å². The third kappa shape index (κ3) is 5.29. The first-order valence-corrected chi connectivity index (χ1v) is 6.73. The van der Waals surface area contributed by atoms with E-state index in [1.54, 1.807) is 0 Å². The average Bonchev–Trinajstić information content (AvgIpc) is 2.22. The van der Waals surface area contributed by atoms with Crippen molar-refractivity contribution in [2.75, 3.05) is 13.2 Å². The van der Waals surface area contributed by atoms with Crippen molar-refractivity contribution in [1.82, 2.24) is 0 Å². The molecule has 0 bridgehead atoms. The Labute approximate surface area is 109 Å². The van der Waals surface area contributed by atoms with Crippen LogP contribution in [0.5, 0.6) is 0 Å². The third-order valence-electron chi connectivity index (χ3n) is 1.64. The van der Waals surface area contributed by atoms with Crippen LogP contribution in [0.3, 0.4) is 0 Å². The van der Waals surface area contributed by atoms with Crippen LogP contribution in [0.15, 0.2) is 0 Å². The van der Waals surface area contributed by atoms with E-state index < -0.39 is 45.0 Å². The number of esters is 1. The number of rotatable bonds is 6. The molecule has 0 aliphatic carbocycles. The summed E-state index contributed by atoms with van der Waals surface area (Å²) in [5.74, 6) is -6.79. The summed E-state index contributed by atoms with van der Waals surface area (Å²) in [6.07, 6.45) is -11.2. The van der Waals surface area contributed by atoms with Crippen LogP contribution in [0.1, 0.15) is 13.8 Å². The molecule has 0 radical (unpaired) electrons. The third-order valence-corrected chi connectivity index (χ3v) is 3.84. The molecule has 0 heterocycles. The molecule has 0 N–H and O–H groups in total. The molecule has 20 heavy (non-hydrogen) atoms. The summed E-state index contributed by atoms with van der Waals surface area (Å²) in [6.45, 7) is 1.19. The predicted octanol–water partition coefficient (Wildman–Crippen LogP) is 3.25. The second-order valence-electron chi connectivity index (χ2n) is 3.17. The summed E-state index contributed by atoms with van der Waals surface area (Å²) < 4.78 is 97.3. The van der Waals surface area contributed by atoms with E-state index in [4.69, 9.17) is 0 Å². The van der Waals surface area contributed by atoms with Gasteiger partial charge in [-0.15, -0.1) is 0 Å². The van der Waals surface area contributed by atoms with Crippen LogP contribution in [0.25, 0.3) is 0 Å². The van der Waals surface area contributed by atoms with Crippen LogP contribution in [-0.2, 0) is 23.1 Å². The van der Waals surface area contributed by atoms with E-state index in [0.717, 1.165) is 13.8 Å². The van der Waals surface area contributed by atoms with Crippen LogP contribution in [-0.4, -0.2) is 37.4 Å². The maximum absolute atomic E-state index is 12.6. The fraction of sp³-hybridized carbons (Fsp3) is 0.875. The summed E-state index contributed by atoms with van der Waals surface area (Å²) in [4.78, 5) is 10.5. The molecule has 0 amide bonds. The van der Waals surface area contributed by atoms with Crippen molar-refractivity contribution in [3.05, 3.63) is 0 Å². The predicted molar refractivity (Wildman–Crippen MR) is 52.8 cm³/mol. The maximum atomic E-state index is 12.6. The minimum Gasteiger partial charge on any atom is -0.433 e. The fourth-order valence-corrected chi connectivity index (χ4v) is 2.66. The van der Waals surface area contributed by atoms with Gasteiger partial charge in [0.15, 0.2) is 0 Å². The van der Waals surface area contributed by atoms with Crippen LogP contribution in [0, 0.1) is 0 Å². The van der Waals surface area contributed by atoms with E-state index in [-0.39, 0.29) is 0 Å². The highest BCUT2D eigenvalue weighted by atomic mass is 31.2. The number of alkyl halides is 6. The lowest BCUT2D eigenvalue weighted by Crippen LogP contribution is -2.39. The topological polar surface area (TPSA) is 61.8 Å². The molecule has 0 fully saturated rings. The Morgan fingerprint density at radius 1 is 1.05 bits per heavy atom. The standard InChI is InChI=1S/C8H11F6O5P/c1-3-17-20(16,18-4-2)6(8(12,13)14)19-5(15)7(9,10)11/h6H,3-4H2,1-2H3. The molecule has 12 heteroatoms. The molecule has 0 saturated heterocycles. The molecular formula is C8H11F6O5P. The van der Waals surface area contributed by atoms with Crippen LogP contribution < -0.4 is 0 Å². The molecule has 0 aliphatic heterocycles. The first kappa shape index (κ1) is 19.2. The molecule has 0 aromatic rings. The van der Waals surface area contributed by atoms with Gasteiger partial charge >= 0.3 is 25.9 Å². The smallest absolute Gasteiger partial charge is 0.433 e. The molecule has 120 valence electrons. The van der Waals surface area contributed by atoms with Gasteiger partial charge in [-0.1, -0.05) is 0 Å². The lowest BCUT2D eigenvalue weighted by atomic mass is 10.6. The summed E-state index contributed by atoms with van der Waals surface area (Å²) >= 11 is 0. The number of halogens is 6. The minimum absolute atomic E-state index is 0.548. The van der Waals surface area contributed by atoms with Crippen molar-refractivity contribution < 1.29 is 49.5 Å². The van der Waals surface area contributed by atoms with Crippen molar-refractivity contribution in [3.63, 3.8) is 0 Å². The average molecular weight is 332 g/mol. The lowest BCUT2D eigenvalue weighted by molar-refractivity contribution is -0.232. The second-order valence-corrected chi connectivity index (χ2v) is 5.24. The maximum Gasteiger partial charge on any atom is 0.490 e. The number of hydrogen-bond donors (Lipinski definition) is 0. The Bertz CT molecular complexity index is 369. The van der Waals surface area contributed by atoms with Gasteiger partial charge in [0, 0.05) is 0 Å². The lowest BCUT2D eigenvalue weighted by Gasteiger charge is -2.27. The van der Waals surface area contributed by atoms with Crippen molar-refractivity contribution >= 4 is 13.6 Å². The van der Waals surface area contributed by atoms with Gasteiger partial charge in [-0.2, -0.15) is 26.3 Å². The Hall–Kier alpha value is -0.800. The molecule has 0 aliphatic rings. The van der Waals surface area contributed by atoms with Crippen LogP contribution in [0.2, 0.25) is 0 Å². The molecule has 5 nitrogen and oxygen atoms in total. The number of carbonyl (C=O) groups excluding carboxylic acids is 1.